The molecule has 122 valence electrons. The minimum Gasteiger partial charge on any atom is -0.339 e. The van der Waals surface area contributed by atoms with E-state index in [0.29, 0.717) is 17.3 Å². The van der Waals surface area contributed by atoms with Crippen LogP contribution in [-0.2, 0) is 0 Å². The number of hydrogen-bond acceptors (Lipinski definition) is 6. The highest BCUT2D eigenvalue weighted by molar-refractivity contribution is 7.13. The number of benzene rings is 2. The first kappa shape index (κ1) is 15.2. The summed E-state index contributed by atoms with van der Waals surface area (Å²) in [5.41, 5.74) is 1.45. The summed E-state index contributed by atoms with van der Waals surface area (Å²) in [6, 6.07) is 18.0. The average Bonchev–Trinajstić information content (AvgIpc) is 3.16. The number of nitro benzene ring substituents is 1. The lowest BCUT2D eigenvalue weighted by atomic mass is 10.2. The first-order chi connectivity index (χ1) is 12.2. The van der Waals surface area contributed by atoms with Crippen molar-refractivity contribution in [3.05, 3.63) is 76.2 Å². The fraction of sp³-hybridized carbons (Fsp3) is 0. The first-order valence-corrected chi connectivity index (χ1v) is 8.41. The number of non-ortho nitro benzene ring substituents is 1. The predicted octanol–water partition coefficient (Wildman–Crippen LogP) is 5.01. The molecule has 0 bridgehead atoms. The number of fused-ring (bicyclic) bond motifs is 1. The van der Waals surface area contributed by atoms with Gasteiger partial charge in [0.05, 0.1) is 15.3 Å². The zero-order chi connectivity index (χ0) is 17.2. The summed E-state index contributed by atoms with van der Waals surface area (Å²) < 4.78 is 0. The molecule has 2 aromatic heterocycles. The van der Waals surface area contributed by atoms with Gasteiger partial charge in [-0.1, -0.05) is 24.3 Å². The van der Waals surface area contributed by atoms with E-state index in [1.165, 1.54) is 12.1 Å². The van der Waals surface area contributed by atoms with Crippen molar-refractivity contribution in [2.75, 3.05) is 5.32 Å². The number of anilines is 2. The van der Waals surface area contributed by atoms with Crippen molar-refractivity contribution in [2.45, 2.75) is 0 Å². The summed E-state index contributed by atoms with van der Waals surface area (Å²) in [7, 11) is 0. The van der Waals surface area contributed by atoms with Gasteiger partial charge in [0.1, 0.15) is 5.82 Å². The van der Waals surface area contributed by atoms with Crippen LogP contribution in [0.1, 0.15) is 0 Å². The molecular weight excluding hydrogens is 336 g/mol. The Hall–Kier alpha value is -3.32. The van der Waals surface area contributed by atoms with Crippen LogP contribution in [0.3, 0.4) is 0 Å². The van der Waals surface area contributed by atoms with E-state index in [1.807, 2.05) is 41.8 Å². The smallest absolute Gasteiger partial charge is 0.271 e. The van der Waals surface area contributed by atoms with Crippen LogP contribution < -0.4 is 5.32 Å². The zero-order valence-corrected chi connectivity index (χ0v) is 13.7. The van der Waals surface area contributed by atoms with Gasteiger partial charge in [-0.05, 0) is 29.6 Å². The molecule has 25 heavy (non-hydrogen) atoms. The highest BCUT2D eigenvalue weighted by Crippen LogP contribution is 2.29. The van der Waals surface area contributed by atoms with Gasteiger partial charge in [0.25, 0.3) is 5.69 Å². The van der Waals surface area contributed by atoms with Gasteiger partial charge in [0.15, 0.2) is 5.82 Å². The van der Waals surface area contributed by atoms with Crippen LogP contribution in [0, 0.1) is 10.1 Å². The Kier molecular flexibility index (Phi) is 3.83. The summed E-state index contributed by atoms with van der Waals surface area (Å²) in [6.45, 7) is 0. The van der Waals surface area contributed by atoms with E-state index < -0.39 is 4.92 Å². The van der Waals surface area contributed by atoms with Crippen molar-refractivity contribution < 1.29 is 4.92 Å². The van der Waals surface area contributed by atoms with Gasteiger partial charge in [-0.3, -0.25) is 10.1 Å². The Bertz CT molecular complexity index is 1060. The third-order valence-electron chi connectivity index (χ3n) is 3.66. The number of hydrogen-bond donors (Lipinski definition) is 1. The lowest BCUT2D eigenvalue weighted by Gasteiger charge is -2.10. The second-order valence-electron chi connectivity index (χ2n) is 5.32. The number of nitrogens with zero attached hydrogens (tertiary/aromatic N) is 3. The van der Waals surface area contributed by atoms with Crippen molar-refractivity contribution in [3.8, 4) is 10.7 Å². The van der Waals surface area contributed by atoms with E-state index in [-0.39, 0.29) is 5.69 Å². The van der Waals surface area contributed by atoms with E-state index in [2.05, 4.69) is 15.3 Å². The Morgan fingerprint density at radius 1 is 1.00 bits per heavy atom. The van der Waals surface area contributed by atoms with Crippen LogP contribution in [0.2, 0.25) is 0 Å². The number of aromatic nitrogens is 2. The maximum Gasteiger partial charge on any atom is 0.271 e. The number of rotatable bonds is 4. The largest absolute Gasteiger partial charge is 0.339 e. The molecule has 4 aromatic rings. The summed E-state index contributed by atoms with van der Waals surface area (Å²) in [5.74, 6) is 1.25. The Labute approximate surface area is 147 Å². The van der Waals surface area contributed by atoms with Gasteiger partial charge in [-0.2, -0.15) is 0 Å². The highest BCUT2D eigenvalue weighted by Gasteiger charge is 2.12. The van der Waals surface area contributed by atoms with E-state index in [0.717, 1.165) is 15.8 Å². The molecule has 6 nitrogen and oxygen atoms in total. The molecule has 0 fully saturated rings. The van der Waals surface area contributed by atoms with E-state index in [4.69, 9.17) is 0 Å². The maximum absolute atomic E-state index is 11.0. The van der Waals surface area contributed by atoms with Crippen molar-refractivity contribution in [3.63, 3.8) is 0 Å². The molecule has 4 rings (SSSR count). The molecule has 0 aliphatic carbocycles. The zero-order valence-electron chi connectivity index (χ0n) is 12.9. The number of nitrogens with one attached hydrogen (secondary N) is 1. The van der Waals surface area contributed by atoms with Crippen LogP contribution in [-0.4, -0.2) is 14.9 Å². The summed E-state index contributed by atoms with van der Waals surface area (Å²) >= 11 is 1.56. The Morgan fingerprint density at radius 2 is 1.88 bits per heavy atom. The molecule has 1 N–H and O–H groups in total. The second kappa shape index (κ2) is 6.29. The quantitative estimate of drug-likeness (QED) is 0.414. The molecule has 2 aromatic carbocycles. The first-order valence-electron chi connectivity index (χ1n) is 7.53. The minimum absolute atomic E-state index is 0.0295. The number of nitro groups is 1. The summed E-state index contributed by atoms with van der Waals surface area (Å²) in [5, 5.41) is 17.0. The van der Waals surface area contributed by atoms with Crippen LogP contribution in [0.4, 0.5) is 17.2 Å². The van der Waals surface area contributed by atoms with Crippen LogP contribution in [0.25, 0.3) is 21.6 Å². The SMILES string of the molecule is O=[N+]([O-])c1cccc(Nc2nc(-c3cccs3)nc3ccccc23)c1. The third-order valence-corrected chi connectivity index (χ3v) is 4.53. The van der Waals surface area contributed by atoms with E-state index in [9.17, 15) is 10.1 Å². The second-order valence-corrected chi connectivity index (χ2v) is 6.27. The van der Waals surface area contributed by atoms with Crippen LogP contribution in [0.15, 0.2) is 66.0 Å². The molecule has 2 heterocycles. The summed E-state index contributed by atoms with van der Waals surface area (Å²) in [4.78, 5) is 20.8. The normalized spacial score (nSPS) is 10.7. The fourth-order valence-corrected chi connectivity index (χ4v) is 3.18. The van der Waals surface area contributed by atoms with Crippen molar-refractivity contribution in [2.24, 2.45) is 0 Å². The minimum atomic E-state index is -0.416. The molecule has 0 atom stereocenters. The third kappa shape index (κ3) is 3.05. The predicted molar refractivity (Wildman–Crippen MR) is 99.2 cm³/mol. The monoisotopic (exact) mass is 348 g/mol. The molecule has 0 saturated heterocycles. The van der Waals surface area contributed by atoms with Crippen LogP contribution in [0.5, 0.6) is 0 Å². The van der Waals surface area contributed by atoms with Crippen molar-refractivity contribution in [1.29, 1.82) is 0 Å². The standard InChI is InChI=1S/C18H12N4O2S/c23-22(24)13-6-3-5-12(11-13)19-17-14-7-1-2-8-15(14)20-18(21-17)16-9-4-10-25-16/h1-11H,(H,19,20,21). The highest BCUT2D eigenvalue weighted by atomic mass is 32.1. The van der Waals surface area contributed by atoms with Crippen molar-refractivity contribution in [1.82, 2.24) is 9.97 Å². The van der Waals surface area contributed by atoms with Gasteiger partial charge >= 0.3 is 0 Å². The number of thiophene rings is 1. The molecule has 0 spiro atoms. The summed E-state index contributed by atoms with van der Waals surface area (Å²) in [6.07, 6.45) is 0. The Balaban J connectivity index is 1.83. The van der Waals surface area contributed by atoms with Crippen molar-refractivity contribution >= 4 is 39.4 Å². The lowest BCUT2D eigenvalue weighted by molar-refractivity contribution is -0.384. The number of para-hydroxylation sites is 1. The topological polar surface area (TPSA) is 81.0 Å². The molecule has 7 heteroatoms. The molecule has 0 radical (unpaired) electrons. The lowest BCUT2D eigenvalue weighted by Crippen LogP contribution is -1.99. The average molecular weight is 348 g/mol. The molecule has 0 unspecified atom stereocenters. The van der Waals surface area contributed by atoms with E-state index >= 15 is 0 Å². The van der Waals surface area contributed by atoms with Gasteiger partial charge < -0.3 is 5.32 Å². The molecule has 0 amide bonds. The molecule has 0 aliphatic heterocycles. The van der Waals surface area contributed by atoms with Gasteiger partial charge in [-0.15, -0.1) is 11.3 Å². The maximum atomic E-state index is 11.0. The molecular formula is C18H12N4O2S. The van der Waals surface area contributed by atoms with E-state index in [1.54, 1.807) is 23.5 Å². The van der Waals surface area contributed by atoms with Crippen LogP contribution >= 0.6 is 11.3 Å². The Morgan fingerprint density at radius 3 is 2.68 bits per heavy atom. The molecule has 0 aliphatic rings. The molecule has 0 saturated carbocycles. The van der Waals surface area contributed by atoms with Gasteiger partial charge in [-0.25, -0.2) is 9.97 Å². The fourth-order valence-electron chi connectivity index (χ4n) is 2.52. The van der Waals surface area contributed by atoms with Gasteiger partial charge in [0, 0.05) is 23.2 Å². The van der Waals surface area contributed by atoms with Gasteiger partial charge in [0.2, 0.25) is 0 Å².